The molecule has 0 N–H and O–H groups in total. The average molecular weight is 404 g/mol. The Morgan fingerprint density at radius 1 is 1.40 bits per heavy atom. The van der Waals surface area contributed by atoms with Crippen molar-refractivity contribution in [3.63, 3.8) is 0 Å². The van der Waals surface area contributed by atoms with Crippen LogP contribution in [0.5, 0.6) is 0 Å². The highest BCUT2D eigenvalue weighted by atomic mass is 79.9. The summed E-state index contributed by atoms with van der Waals surface area (Å²) in [6, 6.07) is 1.38. The lowest BCUT2D eigenvalue weighted by molar-refractivity contribution is -0.130. The van der Waals surface area contributed by atoms with Crippen LogP contribution in [0.25, 0.3) is 0 Å². The van der Waals surface area contributed by atoms with E-state index in [1.165, 1.54) is 13.1 Å². The van der Waals surface area contributed by atoms with Gasteiger partial charge in [-0.3, -0.25) is 4.79 Å². The van der Waals surface area contributed by atoms with E-state index in [4.69, 9.17) is 11.6 Å². The van der Waals surface area contributed by atoms with Gasteiger partial charge >= 0.3 is 0 Å². The second-order valence-corrected chi connectivity index (χ2v) is 9.06. The first-order chi connectivity index (χ1) is 9.23. The summed E-state index contributed by atoms with van der Waals surface area (Å²) < 4.78 is 26.4. The summed E-state index contributed by atoms with van der Waals surface area (Å²) >= 11 is 10.1. The molecule has 9 heteroatoms. The number of likely N-dealkylation sites (N-methyl/N-ethyl adjacent to an activating group) is 2. The summed E-state index contributed by atoms with van der Waals surface area (Å²) in [5, 5.41) is 0.344. The molecule has 0 atom stereocenters. The Hall–Kier alpha value is -0.150. The molecule has 1 amide bonds. The topological polar surface area (TPSA) is 57.7 Å². The zero-order valence-corrected chi connectivity index (χ0v) is 15.4. The zero-order chi connectivity index (χ0) is 15.5. The van der Waals surface area contributed by atoms with Gasteiger partial charge in [0.15, 0.2) is 0 Å². The number of carbonyl (C=O) groups is 1. The van der Waals surface area contributed by atoms with Crippen molar-refractivity contribution in [3.8, 4) is 0 Å². The molecule has 0 fully saturated rings. The highest BCUT2D eigenvalue weighted by molar-refractivity contribution is 9.11. The number of hydrogen-bond donors (Lipinski definition) is 0. The average Bonchev–Trinajstić information content (AvgIpc) is 2.71. The van der Waals surface area contributed by atoms with Gasteiger partial charge in [-0.05, 0) is 35.8 Å². The Bertz CT molecular complexity index is 565. The summed E-state index contributed by atoms with van der Waals surface area (Å²) in [4.78, 5) is 13.5. The number of hydrogen-bond acceptors (Lipinski definition) is 4. The molecule has 0 saturated heterocycles. The number of rotatable bonds is 6. The van der Waals surface area contributed by atoms with Gasteiger partial charge in [-0.1, -0.05) is 11.6 Å². The van der Waals surface area contributed by atoms with Crippen LogP contribution >= 0.6 is 38.9 Å². The van der Waals surface area contributed by atoms with E-state index in [2.05, 4.69) is 15.9 Å². The Balaban J connectivity index is 2.90. The highest BCUT2D eigenvalue weighted by Gasteiger charge is 2.27. The molecule has 20 heavy (non-hydrogen) atoms. The fraction of sp³-hybridized carbons (Fsp3) is 0.545. The van der Waals surface area contributed by atoms with Crippen molar-refractivity contribution in [3.05, 3.63) is 14.9 Å². The maximum atomic E-state index is 12.3. The van der Waals surface area contributed by atoms with E-state index in [0.717, 1.165) is 15.6 Å². The molecule has 114 valence electrons. The number of halogens is 2. The van der Waals surface area contributed by atoms with E-state index in [1.54, 1.807) is 4.90 Å². The molecule has 5 nitrogen and oxygen atoms in total. The predicted molar refractivity (Wildman–Crippen MR) is 84.8 cm³/mol. The fourth-order valence-electron chi connectivity index (χ4n) is 1.56. The Kier molecular flexibility index (Phi) is 6.46. The van der Waals surface area contributed by atoms with Crippen molar-refractivity contribution in [1.29, 1.82) is 0 Å². The van der Waals surface area contributed by atoms with Crippen LogP contribution in [0.3, 0.4) is 0 Å². The highest BCUT2D eigenvalue weighted by Crippen LogP contribution is 2.35. The van der Waals surface area contributed by atoms with Gasteiger partial charge in [-0.25, -0.2) is 8.42 Å². The molecule has 0 unspecified atom stereocenters. The fourth-order valence-corrected chi connectivity index (χ4v) is 5.29. The summed E-state index contributed by atoms with van der Waals surface area (Å²) in [6.07, 6.45) is 0. The molecule has 0 saturated carbocycles. The van der Waals surface area contributed by atoms with Gasteiger partial charge in [0.1, 0.15) is 4.21 Å². The van der Waals surface area contributed by atoms with Gasteiger partial charge in [-0.2, -0.15) is 4.31 Å². The first kappa shape index (κ1) is 17.9. The third-order valence-corrected chi connectivity index (χ3v) is 7.49. The molecule has 0 radical (unpaired) electrons. The van der Waals surface area contributed by atoms with E-state index in [-0.39, 0.29) is 16.7 Å². The third kappa shape index (κ3) is 3.94. The molecule has 1 aromatic heterocycles. The van der Waals surface area contributed by atoms with E-state index < -0.39 is 10.0 Å². The maximum absolute atomic E-state index is 12.3. The second-order valence-electron chi connectivity index (χ2n) is 4.01. The lowest BCUT2D eigenvalue weighted by Gasteiger charge is -2.22. The van der Waals surface area contributed by atoms with Gasteiger partial charge in [0.25, 0.3) is 10.0 Å². The molecule has 0 aromatic carbocycles. The molecule has 0 aliphatic rings. The van der Waals surface area contributed by atoms with E-state index in [0.29, 0.717) is 21.9 Å². The van der Waals surface area contributed by atoms with Gasteiger partial charge in [0.05, 0.1) is 15.4 Å². The minimum atomic E-state index is -3.70. The maximum Gasteiger partial charge on any atom is 0.252 e. The Morgan fingerprint density at radius 2 is 1.95 bits per heavy atom. The SMILES string of the molecule is CCN(CC)C(=O)CN(C)S(=O)(=O)c1cc(Cl)c(Br)s1. The second kappa shape index (κ2) is 7.22. The van der Waals surface area contributed by atoms with Crippen LogP contribution in [0, 0.1) is 0 Å². The third-order valence-electron chi connectivity index (χ3n) is 2.76. The molecule has 0 spiro atoms. The van der Waals surface area contributed by atoms with Crippen LogP contribution in [0.4, 0.5) is 0 Å². The number of sulfonamides is 1. The molecule has 0 aliphatic heterocycles. The van der Waals surface area contributed by atoms with Gasteiger partial charge in [-0.15, -0.1) is 11.3 Å². The summed E-state index contributed by atoms with van der Waals surface area (Å²) in [7, 11) is -2.31. The van der Waals surface area contributed by atoms with Crippen molar-refractivity contribution in [2.24, 2.45) is 0 Å². The van der Waals surface area contributed by atoms with Crippen molar-refractivity contribution in [2.75, 3.05) is 26.7 Å². The molecule has 0 aliphatic carbocycles. The largest absolute Gasteiger partial charge is 0.342 e. The Morgan fingerprint density at radius 3 is 2.35 bits per heavy atom. The van der Waals surface area contributed by atoms with E-state index in [9.17, 15) is 13.2 Å². The minimum Gasteiger partial charge on any atom is -0.342 e. The van der Waals surface area contributed by atoms with E-state index in [1.807, 2.05) is 13.8 Å². The smallest absolute Gasteiger partial charge is 0.252 e. The molecular weight excluding hydrogens is 388 g/mol. The lowest BCUT2D eigenvalue weighted by Crippen LogP contribution is -2.40. The normalized spacial score (nSPS) is 11.9. The van der Waals surface area contributed by atoms with Crippen LogP contribution in [0.1, 0.15) is 13.8 Å². The molecule has 1 aromatic rings. The predicted octanol–water partition coefficient (Wildman–Crippen LogP) is 2.65. The van der Waals surface area contributed by atoms with Crippen molar-refractivity contribution in [1.82, 2.24) is 9.21 Å². The monoisotopic (exact) mass is 402 g/mol. The molecule has 1 heterocycles. The van der Waals surface area contributed by atoms with Crippen LogP contribution in [0.2, 0.25) is 5.02 Å². The standard InChI is InChI=1S/C11H16BrClN2O3S2/c1-4-15(5-2)9(16)7-14(3)20(17,18)10-6-8(13)11(12)19-10/h6H,4-5,7H2,1-3H3. The number of thiophene rings is 1. The van der Waals surface area contributed by atoms with Crippen LogP contribution in [0.15, 0.2) is 14.1 Å². The van der Waals surface area contributed by atoms with E-state index >= 15 is 0 Å². The molecular formula is C11H16BrClN2O3S2. The summed E-state index contributed by atoms with van der Waals surface area (Å²) in [5.41, 5.74) is 0. The summed E-state index contributed by atoms with van der Waals surface area (Å²) in [6.45, 7) is 4.63. The molecule has 1 rings (SSSR count). The van der Waals surface area contributed by atoms with Crippen molar-refractivity contribution < 1.29 is 13.2 Å². The van der Waals surface area contributed by atoms with Gasteiger partial charge in [0, 0.05) is 20.1 Å². The minimum absolute atomic E-state index is 0.115. The summed E-state index contributed by atoms with van der Waals surface area (Å²) in [5.74, 6) is -0.220. The van der Waals surface area contributed by atoms with Gasteiger partial charge in [0.2, 0.25) is 5.91 Å². The van der Waals surface area contributed by atoms with Crippen LogP contribution in [-0.4, -0.2) is 50.2 Å². The lowest BCUT2D eigenvalue weighted by atomic mass is 10.4. The first-order valence-corrected chi connectivity index (χ1v) is 9.35. The number of carbonyl (C=O) groups excluding carboxylic acids is 1. The first-order valence-electron chi connectivity index (χ1n) is 5.92. The Labute approximate surface area is 136 Å². The van der Waals surface area contributed by atoms with Crippen molar-refractivity contribution >= 4 is 54.8 Å². The number of nitrogens with zero attached hydrogens (tertiary/aromatic N) is 2. The van der Waals surface area contributed by atoms with Gasteiger partial charge < -0.3 is 4.90 Å². The quantitative estimate of drug-likeness (QED) is 0.733. The van der Waals surface area contributed by atoms with Crippen molar-refractivity contribution in [2.45, 2.75) is 18.1 Å². The molecule has 0 bridgehead atoms. The zero-order valence-electron chi connectivity index (χ0n) is 11.4. The van der Waals surface area contributed by atoms with Crippen LogP contribution < -0.4 is 0 Å². The van der Waals surface area contributed by atoms with Crippen LogP contribution in [-0.2, 0) is 14.8 Å². The number of amides is 1.